The number of nitrogens with zero attached hydrogens (tertiary/aromatic N) is 1. The van der Waals surface area contributed by atoms with E-state index >= 15 is 0 Å². The second kappa shape index (κ2) is 6.58. The second-order valence-electron chi connectivity index (χ2n) is 4.87. The maximum absolute atomic E-state index is 11.9. The summed E-state index contributed by atoms with van der Waals surface area (Å²) in [7, 11) is 0. The number of urea groups is 1. The molecule has 0 spiro atoms. The van der Waals surface area contributed by atoms with Crippen LogP contribution in [0.15, 0.2) is 0 Å². The Morgan fingerprint density at radius 2 is 2.17 bits per heavy atom. The Kier molecular flexibility index (Phi) is 5.40. The van der Waals surface area contributed by atoms with Crippen molar-refractivity contribution in [1.82, 2.24) is 10.2 Å². The van der Waals surface area contributed by atoms with Gasteiger partial charge in [-0.1, -0.05) is 13.3 Å². The molecule has 1 aliphatic heterocycles. The minimum Gasteiger partial charge on any atom is -0.480 e. The molecule has 1 saturated heterocycles. The van der Waals surface area contributed by atoms with E-state index < -0.39 is 24.1 Å². The number of rotatable bonds is 4. The van der Waals surface area contributed by atoms with Crippen molar-refractivity contribution in [3.63, 3.8) is 0 Å². The van der Waals surface area contributed by atoms with Crippen LogP contribution in [0.5, 0.6) is 0 Å². The summed E-state index contributed by atoms with van der Waals surface area (Å²) in [6.07, 6.45) is 1.96. The van der Waals surface area contributed by atoms with Gasteiger partial charge < -0.3 is 20.4 Å². The van der Waals surface area contributed by atoms with Crippen molar-refractivity contribution in [2.24, 2.45) is 5.92 Å². The first kappa shape index (κ1) is 14.8. The van der Waals surface area contributed by atoms with E-state index in [9.17, 15) is 14.7 Å². The highest BCUT2D eigenvalue weighted by atomic mass is 16.4. The highest BCUT2D eigenvalue weighted by Crippen LogP contribution is 2.19. The lowest BCUT2D eigenvalue weighted by atomic mass is 9.96. The van der Waals surface area contributed by atoms with Gasteiger partial charge in [-0.25, -0.2) is 9.59 Å². The Morgan fingerprint density at radius 1 is 1.50 bits per heavy atom. The zero-order valence-corrected chi connectivity index (χ0v) is 10.9. The first-order chi connectivity index (χ1) is 8.45. The van der Waals surface area contributed by atoms with E-state index in [4.69, 9.17) is 5.11 Å². The Labute approximate surface area is 107 Å². The molecule has 6 nitrogen and oxygen atoms in total. The standard InChI is InChI=1S/C12H22N2O4/c1-3-9-5-4-6-14(7-9)12(18)13-10(8(2)15)11(16)17/h8-10,15H,3-7H2,1-2H3,(H,13,18)(H,16,17). The summed E-state index contributed by atoms with van der Waals surface area (Å²) in [4.78, 5) is 24.4. The molecule has 104 valence electrons. The fourth-order valence-electron chi connectivity index (χ4n) is 2.20. The summed E-state index contributed by atoms with van der Waals surface area (Å²) >= 11 is 0. The third kappa shape index (κ3) is 3.87. The lowest BCUT2D eigenvalue weighted by molar-refractivity contribution is -0.141. The molecule has 2 amide bonds. The van der Waals surface area contributed by atoms with Gasteiger partial charge in [0.25, 0.3) is 0 Å². The molecule has 0 aromatic carbocycles. The number of hydrogen-bond donors (Lipinski definition) is 3. The van der Waals surface area contributed by atoms with Crippen molar-refractivity contribution >= 4 is 12.0 Å². The van der Waals surface area contributed by atoms with Gasteiger partial charge in [-0.15, -0.1) is 0 Å². The number of carboxylic acid groups (broad SMARTS) is 1. The molecule has 1 fully saturated rings. The summed E-state index contributed by atoms with van der Waals surface area (Å²) in [5.74, 6) is -0.735. The van der Waals surface area contributed by atoms with Crippen molar-refractivity contribution in [2.75, 3.05) is 13.1 Å². The molecule has 3 N–H and O–H groups in total. The van der Waals surface area contributed by atoms with Crippen LogP contribution >= 0.6 is 0 Å². The van der Waals surface area contributed by atoms with E-state index in [-0.39, 0.29) is 0 Å². The van der Waals surface area contributed by atoms with Crippen molar-refractivity contribution in [3.8, 4) is 0 Å². The number of likely N-dealkylation sites (tertiary alicyclic amines) is 1. The number of aliphatic hydroxyl groups excluding tert-OH is 1. The molecule has 3 unspecified atom stereocenters. The summed E-state index contributed by atoms with van der Waals surface area (Å²) in [5, 5.41) is 20.6. The largest absolute Gasteiger partial charge is 0.480 e. The Balaban J connectivity index is 2.55. The number of hydrogen-bond acceptors (Lipinski definition) is 3. The fraction of sp³-hybridized carbons (Fsp3) is 0.833. The van der Waals surface area contributed by atoms with Gasteiger partial charge in [-0.3, -0.25) is 0 Å². The molecule has 0 bridgehead atoms. The van der Waals surface area contributed by atoms with Crippen molar-refractivity contribution in [1.29, 1.82) is 0 Å². The summed E-state index contributed by atoms with van der Waals surface area (Å²) in [6.45, 7) is 4.75. The van der Waals surface area contributed by atoms with Crippen molar-refractivity contribution in [3.05, 3.63) is 0 Å². The normalized spacial score (nSPS) is 23.3. The topological polar surface area (TPSA) is 89.9 Å². The average Bonchev–Trinajstić information content (AvgIpc) is 2.34. The lowest BCUT2D eigenvalue weighted by Gasteiger charge is -2.33. The quantitative estimate of drug-likeness (QED) is 0.690. The molecule has 3 atom stereocenters. The molecule has 0 radical (unpaired) electrons. The van der Waals surface area contributed by atoms with Gasteiger partial charge >= 0.3 is 12.0 Å². The van der Waals surface area contributed by atoms with Crippen LogP contribution in [0.3, 0.4) is 0 Å². The van der Waals surface area contributed by atoms with Crippen molar-refractivity contribution in [2.45, 2.75) is 45.3 Å². The molecular formula is C12H22N2O4. The molecular weight excluding hydrogens is 236 g/mol. The van der Waals surface area contributed by atoms with Crippen LogP contribution in [0.25, 0.3) is 0 Å². The van der Waals surface area contributed by atoms with E-state index in [0.717, 1.165) is 19.3 Å². The smallest absolute Gasteiger partial charge is 0.328 e. The van der Waals surface area contributed by atoms with Gasteiger partial charge in [0, 0.05) is 13.1 Å². The van der Waals surface area contributed by atoms with Gasteiger partial charge in [-0.05, 0) is 25.7 Å². The van der Waals surface area contributed by atoms with E-state index in [0.29, 0.717) is 19.0 Å². The number of nitrogens with one attached hydrogen (secondary N) is 1. The molecule has 1 heterocycles. The maximum Gasteiger partial charge on any atom is 0.328 e. The Bertz CT molecular complexity index is 306. The van der Waals surface area contributed by atoms with Crippen molar-refractivity contribution < 1.29 is 19.8 Å². The number of carbonyl (C=O) groups is 2. The predicted molar refractivity (Wildman–Crippen MR) is 66.2 cm³/mol. The van der Waals surface area contributed by atoms with Gasteiger partial charge in [0.1, 0.15) is 0 Å². The molecule has 0 saturated carbocycles. The summed E-state index contributed by atoms with van der Waals surface area (Å²) < 4.78 is 0. The van der Waals surface area contributed by atoms with Gasteiger partial charge in [0.05, 0.1) is 6.10 Å². The third-order valence-electron chi connectivity index (χ3n) is 3.41. The second-order valence-corrected chi connectivity index (χ2v) is 4.87. The number of carbonyl (C=O) groups excluding carboxylic acids is 1. The van der Waals surface area contributed by atoms with Gasteiger partial charge in [0.15, 0.2) is 6.04 Å². The lowest BCUT2D eigenvalue weighted by Crippen LogP contribution is -2.54. The summed E-state index contributed by atoms with van der Waals surface area (Å²) in [5.41, 5.74) is 0. The van der Waals surface area contributed by atoms with E-state index in [1.807, 2.05) is 0 Å². The first-order valence-electron chi connectivity index (χ1n) is 6.42. The molecule has 18 heavy (non-hydrogen) atoms. The molecule has 0 aromatic heterocycles. The molecule has 0 aromatic rings. The minimum atomic E-state index is -1.25. The average molecular weight is 258 g/mol. The van der Waals surface area contributed by atoms with Gasteiger partial charge in [0.2, 0.25) is 0 Å². The molecule has 6 heteroatoms. The molecule has 1 aliphatic rings. The summed E-state index contributed by atoms with van der Waals surface area (Å²) in [6, 6.07) is -1.65. The SMILES string of the molecule is CCC1CCCN(C(=O)NC(C(=O)O)C(C)O)C1. The monoisotopic (exact) mass is 258 g/mol. The van der Waals surface area contributed by atoms with Crippen LogP contribution in [0.2, 0.25) is 0 Å². The van der Waals surface area contributed by atoms with E-state index in [1.54, 1.807) is 4.90 Å². The molecule has 0 aliphatic carbocycles. The molecule has 1 rings (SSSR count). The number of piperidine rings is 1. The number of aliphatic carboxylic acids is 1. The number of carboxylic acids is 1. The van der Waals surface area contributed by atoms with Crippen LogP contribution in [-0.4, -0.2) is 52.3 Å². The van der Waals surface area contributed by atoms with Crippen LogP contribution in [-0.2, 0) is 4.79 Å². The zero-order valence-electron chi connectivity index (χ0n) is 10.9. The van der Waals surface area contributed by atoms with Crippen LogP contribution in [0.1, 0.15) is 33.1 Å². The zero-order chi connectivity index (χ0) is 13.7. The van der Waals surface area contributed by atoms with Crippen LogP contribution in [0.4, 0.5) is 4.79 Å². The fourth-order valence-corrected chi connectivity index (χ4v) is 2.20. The van der Waals surface area contributed by atoms with E-state index in [1.165, 1.54) is 6.92 Å². The highest BCUT2D eigenvalue weighted by molar-refractivity contribution is 5.83. The minimum absolute atomic E-state index is 0.401. The number of aliphatic hydroxyl groups is 1. The van der Waals surface area contributed by atoms with E-state index in [2.05, 4.69) is 12.2 Å². The number of amides is 2. The van der Waals surface area contributed by atoms with Gasteiger partial charge in [-0.2, -0.15) is 0 Å². The van der Waals surface area contributed by atoms with Crippen LogP contribution in [0, 0.1) is 5.92 Å². The third-order valence-corrected chi connectivity index (χ3v) is 3.41. The highest BCUT2D eigenvalue weighted by Gasteiger charge is 2.29. The van der Waals surface area contributed by atoms with Crippen LogP contribution < -0.4 is 5.32 Å². The first-order valence-corrected chi connectivity index (χ1v) is 6.42. The maximum atomic E-state index is 11.9. The Hall–Kier alpha value is -1.30. The predicted octanol–water partition coefficient (Wildman–Crippen LogP) is 0.652. The Morgan fingerprint density at radius 3 is 2.67 bits per heavy atom.